The van der Waals surface area contributed by atoms with Crippen molar-refractivity contribution in [3.63, 3.8) is 0 Å². The van der Waals surface area contributed by atoms with Gasteiger partial charge in [-0.2, -0.15) is 5.10 Å². The maximum absolute atomic E-state index is 11.1. The lowest BCUT2D eigenvalue weighted by Crippen LogP contribution is -2.24. The number of aromatic nitrogens is 1. The minimum Gasteiger partial charge on any atom is -0.375 e. The number of aryl methyl sites for hydroxylation is 1. The van der Waals surface area contributed by atoms with Gasteiger partial charge in [0.25, 0.3) is 0 Å². The number of pyridine rings is 1. The highest BCUT2D eigenvalue weighted by molar-refractivity contribution is 7.92. The van der Waals surface area contributed by atoms with Crippen molar-refractivity contribution in [1.29, 1.82) is 0 Å². The van der Waals surface area contributed by atoms with E-state index >= 15 is 0 Å². The first kappa shape index (κ1) is 14.3. The minimum absolute atomic E-state index is 0.0540. The van der Waals surface area contributed by atoms with Crippen molar-refractivity contribution in [3.05, 3.63) is 23.5 Å². The molecule has 18 heavy (non-hydrogen) atoms. The van der Waals surface area contributed by atoms with Gasteiger partial charge in [0, 0.05) is 0 Å². The standard InChI is InChI=1S/C9H13N5O2S2/c1-6-3-7(4-12-13-9(10)17)11-5-8(6)14-18(2,15)16/h3-5,14H,1-2H3,(H3,10,13,17). The maximum Gasteiger partial charge on any atom is 0.229 e. The molecule has 0 bridgehead atoms. The van der Waals surface area contributed by atoms with Crippen LogP contribution in [0.25, 0.3) is 0 Å². The first-order chi connectivity index (χ1) is 8.28. The number of sulfonamides is 1. The van der Waals surface area contributed by atoms with Crippen LogP contribution in [0, 0.1) is 6.92 Å². The second-order valence-electron chi connectivity index (χ2n) is 3.53. The van der Waals surface area contributed by atoms with Gasteiger partial charge in [0.1, 0.15) is 0 Å². The summed E-state index contributed by atoms with van der Waals surface area (Å²) in [5, 5.41) is 3.80. The zero-order chi connectivity index (χ0) is 13.8. The van der Waals surface area contributed by atoms with Gasteiger partial charge >= 0.3 is 0 Å². The average molecular weight is 287 g/mol. The molecule has 7 nitrogen and oxygen atoms in total. The van der Waals surface area contributed by atoms with E-state index < -0.39 is 10.0 Å². The van der Waals surface area contributed by atoms with E-state index in [-0.39, 0.29) is 5.11 Å². The summed E-state index contributed by atoms with van der Waals surface area (Å²) in [5.41, 5.74) is 9.29. The highest BCUT2D eigenvalue weighted by Gasteiger charge is 2.05. The molecule has 1 aromatic heterocycles. The third-order valence-corrected chi connectivity index (χ3v) is 2.48. The van der Waals surface area contributed by atoms with Crippen molar-refractivity contribution < 1.29 is 8.42 Å². The van der Waals surface area contributed by atoms with E-state index in [4.69, 9.17) is 5.73 Å². The van der Waals surface area contributed by atoms with E-state index in [9.17, 15) is 8.42 Å². The topological polar surface area (TPSA) is 109 Å². The number of hydrogen-bond donors (Lipinski definition) is 3. The number of anilines is 1. The molecule has 98 valence electrons. The summed E-state index contributed by atoms with van der Waals surface area (Å²) in [6.45, 7) is 1.76. The fraction of sp³-hybridized carbons (Fsp3) is 0.222. The molecule has 0 fully saturated rings. The molecule has 0 aliphatic rings. The van der Waals surface area contributed by atoms with Gasteiger partial charge in [-0.25, -0.2) is 8.42 Å². The van der Waals surface area contributed by atoms with Crippen LogP contribution >= 0.6 is 12.2 Å². The lowest BCUT2D eigenvalue weighted by Gasteiger charge is -2.07. The molecule has 0 aromatic carbocycles. The largest absolute Gasteiger partial charge is 0.375 e. The normalized spacial score (nSPS) is 11.4. The van der Waals surface area contributed by atoms with Gasteiger partial charge < -0.3 is 5.73 Å². The van der Waals surface area contributed by atoms with Gasteiger partial charge in [0.15, 0.2) is 5.11 Å². The molecule has 4 N–H and O–H groups in total. The molecule has 1 rings (SSSR count). The monoisotopic (exact) mass is 287 g/mol. The van der Waals surface area contributed by atoms with E-state index in [0.29, 0.717) is 11.4 Å². The SMILES string of the molecule is Cc1cc(C=NNC(N)=S)ncc1NS(C)(=O)=O. The molecule has 0 radical (unpaired) electrons. The predicted molar refractivity (Wildman–Crippen MR) is 75.0 cm³/mol. The summed E-state index contributed by atoms with van der Waals surface area (Å²) >= 11 is 4.57. The van der Waals surface area contributed by atoms with E-state index in [1.807, 2.05) is 0 Å². The minimum atomic E-state index is -3.31. The van der Waals surface area contributed by atoms with Crippen LogP contribution in [0.3, 0.4) is 0 Å². The quantitative estimate of drug-likeness (QED) is 0.406. The lowest BCUT2D eigenvalue weighted by atomic mass is 10.2. The molecule has 0 saturated heterocycles. The summed E-state index contributed by atoms with van der Waals surface area (Å²) in [5.74, 6) is 0. The van der Waals surface area contributed by atoms with Crippen LogP contribution in [0.1, 0.15) is 11.3 Å². The first-order valence-electron chi connectivity index (χ1n) is 4.81. The second-order valence-corrected chi connectivity index (χ2v) is 5.72. The Morgan fingerprint density at radius 1 is 1.61 bits per heavy atom. The van der Waals surface area contributed by atoms with Crippen molar-refractivity contribution in [2.75, 3.05) is 11.0 Å². The summed E-state index contributed by atoms with van der Waals surface area (Å²) in [7, 11) is -3.31. The van der Waals surface area contributed by atoms with Crippen molar-refractivity contribution >= 4 is 39.3 Å². The third-order valence-electron chi connectivity index (χ3n) is 1.80. The molecule has 0 aliphatic carbocycles. The van der Waals surface area contributed by atoms with Crippen LogP contribution in [0.5, 0.6) is 0 Å². The summed E-state index contributed by atoms with van der Waals surface area (Å²) in [6.07, 6.45) is 3.92. The molecular weight excluding hydrogens is 274 g/mol. The van der Waals surface area contributed by atoms with Crippen molar-refractivity contribution in [2.45, 2.75) is 6.92 Å². The number of thiocarbonyl (C=S) groups is 1. The van der Waals surface area contributed by atoms with Crippen LogP contribution in [0.15, 0.2) is 17.4 Å². The van der Waals surface area contributed by atoms with Crippen LogP contribution in [-0.2, 0) is 10.0 Å². The zero-order valence-corrected chi connectivity index (χ0v) is 11.5. The number of nitrogens with one attached hydrogen (secondary N) is 2. The van der Waals surface area contributed by atoms with Gasteiger partial charge in [-0.1, -0.05) is 0 Å². The van der Waals surface area contributed by atoms with Gasteiger partial charge in [0.2, 0.25) is 10.0 Å². The molecule has 1 heterocycles. The highest BCUT2D eigenvalue weighted by atomic mass is 32.2. The van der Waals surface area contributed by atoms with Crippen LogP contribution in [0.4, 0.5) is 5.69 Å². The lowest BCUT2D eigenvalue weighted by molar-refractivity contribution is 0.606. The third kappa shape index (κ3) is 5.06. The number of hydrazone groups is 1. The van der Waals surface area contributed by atoms with Gasteiger partial charge in [-0.15, -0.1) is 0 Å². The zero-order valence-electron chi connectivity index (χ0n) is 9.84. The van der Waals surface area contributed by atoms with Gasteiger partial charge in [-0.05, 0) is 30.8 Å². The summed E-state index contributed by atoms with van der Waals surface area (Å²) in [4.78, 5) is 4.02. The van der Waals surface area contributed by atoms with Gasteiger partial charge in [-0.3, -0.25) is 15.1 Å². The van der Waals surface area contributed by atoms with E-state index in [1.54, 1.807) is 13.0 Å². The summed E-state index contributed by atoms with van der Waals surface area (Å²) < 4.78 is 24.5. The predicted octanol–water partition coefficient (Wildman–Crippen LogP) is -0.0714. The Hall–Kier alpha value is -1.74. The van der Waals surface area contributed by atoms with Crippen LogP contribution < -0.4 is 15.9 Å². The molecule has 0 atom stereocenters. The fourth-order valence-electron chi connectivity index (χ4n) is 1.12. The summed E-state index contributed by atoms with van der Waals surface area (Å²) in [6, 6.07) is 1.68. The maximum atomic E-state index is 11.1. The smallest absolute Gasteiger partial charge is 0.229 e. The Bertz CT molecular complexity index is 583. The number of rotatable bonds is 4. The second kappa shape index (κ2) is 5.74. The first-order valence-corrected chi connectivity index (χ1v) is 7.11. The Morgan fingerprint density at radius 3 is 2.78 bits per heavy atom. The van der Waals surface area contributed by atoms with Crippen molar-refractivity contribution in [1.82, 2.24) is 10.4 Å². The van der Waals surface area contributed by atoms with E-state index in [2.05, 4.69) is 32.5 Å². The molecule has 0 saturated carbocycles. The molecular formula is C9H13N5O2S2. The van der Waals surface area contributed by atoms with Crippen molar-refractivity contribution in [3.8, 4) is 0 Å². The Labute approximate surface area is 111 Å². The van der Waals surface area contributed by atoms with Crippen LogP contribution in [0.2, 0.25) is 0 Å². The Balaban J connectivity index is 2.86. The molecule has 0 aliphatic heterocycles. The molecule has 0 amide bonds. The number of nitrogens with two attached hydrogens (primary N) is 1. The van der Waals surface area contributed by atoms with E-state index in [0.717, 1.165) is 11.8 Å². The number of hydrogen-bond acceptors (Lipinski definition) is 5. The fourth-order valence-corrected chi connectivity index (χ4v) is 1.78. The Kier molecular flexibility index (Phi) is 4.56. The number of nitrogens with zero attached hydrogens (tertiary/aromatic N) is 2. The highest BCUT2D eigenvalue weighted by Crippen LogP contribution is 2.14. The molecule has 9 heteroatoms. The average Bonchev–Trinajstić information content (AvgIpc) is 2.19. The van der Waals surface area contributed by atoms with Crippen molar-refractivity contribution in [2.24, 2.45) is 10.8 Å². The molecule has 0 unspecified atom stereocenters. The molecule has 1 aromatic rings. The van der Waals surface area contributed by atoms with E-state index in [1.165, 1.54) is 12.4 Å². The van der Waals surface area contributed by atoms with Crippen LogP contribution in [-0.4, -0.2) is 31.0 Å². The molecule has 0 spiro atoms. The Morgan fingerprint density at radius 2 is 2.28 bits per heavy atom. The van der Waals surface area contributed by atoms with Gasteiger partial charge in [0.05, 0.1) is 30.0 Å².